The molecule has 9 heteroatoms. The Morgan fingerprint density at radius 2 is 2.05 bits per heavy atom. The molecular weight excluding hydrogens is 290 g/mol. The van der Waals surface area contributed by atoms with Crippen molar-refractivity contribution in [3.05, 3.63) is 6.20 Å². The van der Waals surface area contributed by atoms with Gasteiger partial charge in [-0.15, -0.1) is 0 Å². The number of anilines is 1. The molecule has 0 atom stereocenters. The predicted octanol–water partition coefficient (Wildman–Crippen LogP) is 0.737. The number of carboxylic acid groups (broad SMARTS) is 1. The molecule has 2 heterocycles. The first-order valence-corrected chi connectivity index (χ1v) is 8.32. The number of piperazine rings is 1. The lowest BCUT2D eigenvalue weighted by Gasteiger charge is -2.32. The summed E-state index contributed by atoms with van der Waals surface area (Å²) in [5, 5.41) is 9.49. The van der Waals surface area contributed by atoms with Gasteiger partial charge in [0.05, 0.1) is 11.9 Å². The largest absolute Gasteiger partial charge is 0.465 e. The van der Waals surface area contributed by atoms with Gasteiger partial charge in [0.15, 0.2) is 15.0 Å². The summed E-state index contributed by atoms with van der Waals surface area (Å²) in [5.74, 6) is 0.0570. The van der Waals surface area contributed by atoms with E-state index in [1.807, 2.05) is 4.90 Å². The van der Waals surface area contributed by atoms with Crippen molar-refractivity contribution in [2.75, 3.05) is 36.8 Å². The zero-order chi connectivity index (χ0) is 14.0. The van der Waals surface area contributed by atoms with Gasteiger partial charge in [0.1, 0.15) is 4.21 Å². The number of aromatic nitrogens is 1. The maximum absolute atomic E-state index is 11.7. The number of hydrogen-bond acceptors (Lipinski definition) is 6. The SMILES string of the molecule is CCS(=O)(=O)c1cnc(N2CCN(C(=O)O)CC2)s1. The first-order chi connectivity index (χ1) is 8.94. The van der Waals surface area contributed by atoms with Crippen molar-refractivity contribution in [3.63, 3.8) is 0 Å². The molecule has 0 aliphatic carbocycles. The summed E-state index contributed by atoms with van der Waals surface area (Å²) >= 11 is 1.14. The molecular formula is C10H15N3O4S2. The van der Waals surface area contributed by atoms with Crippen molar-refractivity contribution in [3.8, 4) is 0 Å². The Morgan fingerprint density at radius 1 is 1.42 bits per heavy atom. The number of amides is 1. The van der Waals surface area contributed by atoms with E-state index in [1.54, 1.807) is 6.92 Å². The van der Waals surface area contributed by atoms with Crippen LogP contribution in [0.1, 0.15) is 6.92 Å². The van der Waals surface area contributed by atoms with E-state index in [0.717, 1.165) is 11.3 Å². The number of sulfone groups is 1. The lowest BCUT2D eigenvalue weighted by atomic mass is 10.3. The molecule has 0 saturated carbocycles. The highest BCUT2D eigenvalue weighted by molar-refractivity contribution is 7.93. The number of rotatable bonds is 3. The van der Waals surface area contributed by atoms with Gasteiger partial charge >= 0.3 is 6.09 Å². The van der Waals surface area contributed by atoms with E-state index in [2.05, 4.69) is 4.98 Å². The second kappa shape index (κ2) is 5.33. The van der Waals surface area contributed by atoms with E-state index >= 15 is 0 Å². The standard InChI is InChI=1S/C10H15N3O4S2/c1-2-19(16,17)8-7-11-9(18-8)12-3-5-13(6-4-12)10(14)15/h7H,2-6H2,1H3,(H,14,15). The van der Waals surface area contributed by atoms with Gasteiger partial charge in [-0.1, -0.05) is 18.3 Å². The Bertz CT molecular complexity index is 561. The van der Waals surface area contributed by atoms with Gasteiger partial charge < -0.3 is 14.9 Å². The smallest absolute Gasteiger partial charge is 0.407 e. The van der Waals surface area contributed by atoms with Crippen molar-refractivity contribution in [1.82, 2.24) is 9.88 Å². The molecule has 1 aromatic heterocycles. The van der Waals surface area contributed by atoms with Crippen molar-refractivity contribution in [2.24, 2.45) is 0 Å². The third kappa shape index (κ3) is 2.98. The first kappa shape index (κ1) is 14.1. The van der Waals surface area contributed by atoms with Crippen LogP contribution < -0.4 is 4.90 Å². The second-order valence-corrected chi connectivity index (χ2v) is 7.64. The van der Waals surface area contributed by atoms with Crippen molar-refractivity contribution in [2.45, 2.75) is 11.1 Å². The van der Waals surface area contributed by atoms with Gasteiger partial charge in [-0.3, -0.25) is 0 Å². The number of thiazole rings is 1. The second-order valence-electron chi connectivity index (χ2n) is 4.12. The van der Waals surface area contributed by atoms with Crippen molar-refractivity contribution >= 4 is 32.4 Å². The lowest BCUT2D eigenvalue weighted by molar-refractivity contribution is 0.142. The summed E-state index contributed by atoms with van der Waals surface area (Å²) in [6, 6.07) is 0. The van der Waals surface area contributed by atoms with Gasteiger partial charge in [0.2, 0.25) is 0 Å². The van der Waals surface area contributed by atoms with E-state index in [4.69, 9.17) is 5.11 Å². The van der Waals surface area contributed by atoms with Crippen LogP contribution in [0.2, 0.25) is 0 Å². The Labute approximate surface area is 115 Å². The number of nitrogens with zero attached hydrogens (tertiary/aromatic N) is 3. The highest BCUT2D eigenvalue weighted by Crippen LogP contribution is 2.27. The van der Waals surface area contributed by atoms with Crippen LogP contribution in [-0.4, -0.2) is 61.4 Å². The van der Waals surface area contributed by atoms with E-state index in [1.165, 1.54) is 11.1 Å². The van der Waals surface area contributed by atoms with Crippen LogP contribution in [0.3, 0.4) is 0 Å². The molecule has 1 aliphatic rings. The highest BCUT2D eigenvalue weighted by Gasteiger charge is 2.24. The average Bonchev–Trinajstić information content (AvgIpc) is 2.89. The topological polar surface area (TPSA) is 90.8 Å². The van der Waals surface area contributed by atoms with Gasteiger partial charge in [0, 0.05) is 26.2 Å². The zero-order valence-electron chi connectivity index (χ0n) is 10.4. The molecule has 0 unspecified atom stereocenters. The minimum atomic E-state index is -3.22. The molecule has 0 radical (unpaired) electrons. The Morgan fingerprint density at radius 3 is 2.58 bits per heavy atom. The fourth-order valence-corrected chi connectivity index (χ4v) is 4.06. The van der Waals surface area contributed by atoms with E-state index in [-0.39, 0.29) is 9.96 Å². The molecule has 19 heavy (non-hydrogen) atoms. The zero-order valence-corrected chi connectivity index (χ0v) is 12.1. The first-order valence-electron chi connectivity index (χ1n) is 5.85. The van der Waals surface area contributed by atoms with Gasteiger partial charge in [-0.05, 0) is 0 Å². The van der Waals surface area contributed by atoms with Crippen LogP contribution >= 0.6 is 11.3 Å². The van der Waals surface area contributed by atoms with E-state index < -0.39 is 15.9 Å². The fraction of sp³-hybridized carbons (Fsp3) is 0.600. The highest BCUT2D eigenvalue weighted by atomic mass is 32.2. The summed E-state index contributed by atoms with van der Waals surface area (Å²) in [6.07, 6.45) is 0.454. The van der Waals surface area contributed by atoms with Gasteiger partial charge in [-0.25, -0.2) is 18.2 Å². The van der Waals surface area contributed by atoms with Crippen LogP contribution in [0, 0.1) is 0 Å². The van der Waals surface area contributed by atoms with E-state index in [9.17, 15) is 13.2 Å². The average molecular weight is 305 g/mol. The summed E-state index contributed by atoms with van der Waals surface area (Å²) in [5.41, 5.74) is 0. The minimum absolute atomic E-state index is 0.0570. The van der Waals surface area contributed by atoms with Crippen molar-refractivity contribution < 1.29 is 18.3 Å². The molecule has 1 amide bonds. The monoisotopic (exact) mass is 305 g/mol. The van der Waals surface area contributed by atoms with Crippen LogP contribution in [0.15, 0.2) is 10.4 Å². The van der Waals surface area contributed by atoms with E-state index in [0.29, 0.717) is 31.3 Å². The Hall–Kier alpha value is -1.35. The van der Waals surface area contributed by atoms with Crippen LogP contribution in [0.4, 0.5) is 9.93 Å². The fourth-order valence-electron chi connectivity index (χ4n) is 1.77. The predicted molar refractivity (Wildman–Crippen MR) is 71.7 cm³/mol. The quantitative estimate of drug-likeness (QED) is 0.885. The molecule has 0 aromatic carbocycles. The summed E-state index contributed by atoms with van der Waals surface area (Å²) in [4.78, 5) is 18.2. The van der Waals surface area contributed by atoms with Gasteiger partial charge in [0.25, 0.3) is 0 Å². The molecule has 2 rings (SSSR count). The maximum Gasteiger partial charge on any atom is 0.407 e. The third-order valence-corrected chi connectivity index (χ3v) is 6.32. The number of carbonyl (C=O) groups is 1. The molecule has 1 N–H and O–H groups in total. The maximum atomic E-state index is 11.7. The number of hydrogen-bond donors (Lipinski definition) is 1. The molecule has 1 saturated heterocycles. The molecule has 106 valence electrons. The summed E-state index contributed by atoms with van der Waals surface area (Å²) in [6.45, 7) is 3.48. The summed E-state index contributed by atoms with van der Waals surface area (Å²) in [7, 11) is -3.22. The molecule has 1 aliphatic heterocycles. The normalized spacial score (nSPS) is 16.7. The molecule has 7 nitrogen and oxygen atoms in total. The van der Waals surface area contributed by atoms with Crippen LogP contribution in [-0.2, 0) is 9.84 Å². The minimum Gasteiger partial charge on any atom is -0.465 e. The lowest BCUT2D eigenvalue weighted by Crippen LogP contribution is -2.48. The molecule has 0 bridgehead atoms. The van der Waals surface area contributed by atoms with Crippen molar-refractivity contribution in [1.29, 1.82) is 0 Å². The Kier molecular flexibility index (Phi) is 3.95. The molecule has 1 aromatic rings. The Balaban J connectivity index is 2.07. The van der Waals surface area contributed by atoms with Crippen LogP contribution in [0.5, 0.6) is 0 Å². The summed E-state index contributed by atoms with van der Waals surface area (Å²) < 4.78 is 23.7. The third-order valence-electron chi connectivity index (χ3n) is 2.98. The molecule has 1 fully saturated rings. The van der Waals surface area contributed by atoms with Crippen LogP contribution in [0.25, 0.3) is 0 Å². The van der Waals surface area contributed by atoms with Gasteiger partial charge in [-0.2, -0.15) is 0 Å². The molecule has 0 spiro atoms.